The monoisotopic (exact) mass is 417 g/mol. The van der Waals surface area contributed by atoms with E-state index < -0.39 is 0 Å². The molecule has 92 valence electrons. The van der Waals surface area contributed by atoms with Crippen molar-refractivity contribution in [2.24, 2.45) is 0 Å². The molecule has 0 unspecified atom stereocenters. The Balaban J connectivity index is 2.21. The molecule has 0 radical (unpaired) electrons. The second-order valence-electron chi connectivity index (χ2n) is 3.62. The Labute approximate surface area is 126 Å². The lowest BCUT2D eigenvalue weighted by Gasteiger charge is -2.07. The molecule has 2 N–H and O–H groups in total. The van der Waals surface area contributed by atoms with Gasteiger partial charge in [-0.3, -0.25) is 4.79 Å². The Morgan fingerprint density at radius 2 is 1.83 bits per heavy atom. The van der Waals surface area contributed by atoms with Gasteiger partial charge in [-0.2, -0.15) is 0 Å². The zero-order chi connectivity index (χ0) is 13.1. The third kappa shape index (κ3) is 3.23. The van der Waals surface area contributed by atoms with Crippen LogP contribution in [0.25, 0.3) is 0 Å². The summed E-state index contributed by atoms with van der Waals surface area (Å²) in [4.78, 5) is 12.0. The fourth-order valence-electron chi connectivity index (χ4n) is 1.42. The molecular formula is C13H9BrINO2. The second kappa shape index (κ2) is 5.71. The number of phenolic OH excluding ortho intramolecular Hbond substituents is 1. The molecule has 0 saturated carbocycles. The standard InChI is InChI=1S/C13H9BrINO2/c14-8-1-6-12(17)11(7-8)13(18)16-10-4-2-9(15)3-5-10/h1-7,17H,(H,16,18). The van der Waals surface area contributed by atoms with Crippen molar-refractivity contribution in [3.05, 3.63) is 56.1 Å². The van der Waals surface area contributed by atoms with Crippen LogP contribution < -0.4 is 5.32 Å². The lowest BCUT2D eigenvalue weighted by atomic mass is 10.2. The fourth-order valence-corrected chi connectivity index (χ4v) is 2.14. The molecule has 2 aromatic carbocycles. The first-order valence-electron chi connectivity index (χ1n) is 5.12. The highest BCUT2D eigenvalue weighted by atomic mass is 127. The molecule has 0 heterocycles. The number of phenols is 1. The van der Waals surface area contributed by atoms with Crippen LogP contribution in [0.3, 0.4) is 0 Å². The summed E-state index contributed by atoms with van der Waals surface area (Å²) >= 11 is 5.46. The minimum atomic E-state index is -0.338. The number of benzene rings is 2. The summed E-state index contributed by atoms with van der Waals surface area (Å²) in [7, 11) is 0. The third-order valence-corrected chi connectivity index (χ3v) is 3.52. The summed E-state index contributed by atoms with van der Waals surface area (Å²) in [6, 6.07) is 12.2. The maximum absolute atomic E-state index is 12.0. The number of anilines is 1. The van der Waals surface area contributed by atoms with Crippen molar-refractivity contribution in [3.63, 3.8) is 0 Å². The summed E-state index contributed by atoms with van der Waals surface area (Å²) in [6.07, 6.45) is 0. The maximum atomic E-state index is 12.0. The Bertz CT molecular complexity index is 584. The summed E-state index contributed by atoms with van der Waals surface area (Å²) in [5.41, 5.74) is 0.933. The number of hydrogen-bond acceptors (Lipinski definition) is 2. The van der Waals surface area contributed by atoms with Crippen LogP contribution >= 0.6 is 38.5 Å². The van der Waals surface area contributed by atoms with Gasteiger partial charge in [0.15, 0.2) is 0 Å². The van der Waals surface area contributed by atoms with E-state index in [2.05, 4.69) is 43.8 Å². The van der Waals surface area contributed by atoms with Crippen LogP contribution in [0.4, 0.5) is 5.69 Å². The van der Waals surface area contributed by atoms with E-state index in [9.17, 15) is 9.90 Å². The summed E-state index contributed by atoms with van der Waals surface area (Å²) in [5, 5.41) is 12.4. The van der Waals surface area contributed by atoms with E-state index >= 15 is 0 Å². The lowest BCUT2D eigenvalue weighted by molar-refractivity contribution is 0.102. The number of amides is 1. The molecule has 0 saturated heterocycles. The van der Waals surface area contributed by atoms with Crippen molar-refractivity contribution in [1.82, 2.24) is 0 Å². The van der Waals surface area contributed by atoms with Gasteiger partial charge in [-0.05, 0) is 65.1 Å². The molecule has 5 heteroatoms. The van der Waals surface area contributed by atoms with Gasteiger partial charge in [0.25, 0.3) is 5.91 Å². The topological polar surface area (TPSA) is 49.3 Å². The van der Waals surface area contributed by atoms with Gasteiger partial charge in [-0.15, -0.1) is 0 Å². The van der Waals surface area contributed by atoms with Gasteiger partial charge in [0.2, 0.25) is 0 Å². The van der Waals surface area contributed by atoms with Gasteiger partial charge in [0, 0.05) is 13.7 Å². The summed E-state index contributed by atoms with van der Waals surface area (Å²) < 4.78 is 1.84. The summed E-state index contributed by atoms with van der Waals surface area (Å²) in [5.74, 6) is -0.379. The van der Waals surface area contributed by atoms with Crippen molar-refractivity contribution in [2.75, 3.05) is 5.32 Å². The number of carbonyl (C=O) groups excluding carboxylic acids is 1. The highest BCUT2D eigenvalue weighted by molar-refractivity contribution is 14.1. The van der Waals surface area contributed by atoms with E-state index in [1.807, 2.05) is 24.3 Å². The van der Waals surface area contributed by atoms with Crippen LogP contribution in [0.2, 0.25) is 0 Å². The quantitative estimate of drug-likeness (QED) is 0.725. The molecule has 0 fully saturated rings. The van der Waals surface area contributed by atoms with Crippen LogP contribution in [0.15, 0.2) is 46.9 Å². The molecule has 18 heavy (non-hydrogen) atoms. The maximum Gasteiger partial charge on any atom is 0.259 e. The number of hydrogen-bond donors (Lipinski definition) is 2. The Hall–Kier alpha value is -1.08. The first kappa shape index (κ1) is 13.4. The van der Waals surface area contributed by atoms with E-state index in [4.69, 9.17) is 0 Å². The van der Waals surface area contributed by atoms with Gasteiger partial charge >= 0.3 is 0 Å². The fraction of sp³-hybridized carbons (Fsp3) is 0. The lowest BCUT2D eigenvalue weighted by Crippen LogP contribution is -2.12. The molecular weight excluding hydrogens is 409 g/mol. The van der Waals surface area contributed by atoms with Crippen molar-refractivity contribution >= 4 is 50.1 Å². The number of rotatable bonds is 2. The van der Waals surface area contributed by atoms with Gasteiger partial charge in [0.05, 0.1) is 5.56 Å². The van der Waals surface area contributed by atoms with Crippen molar-refractivity contribution in [1.29, 1.82) is 0 Å². The van der Waals surface area contributed by atoms with Gasteiger partial charge < -0.3 is 10.4 Å². The number of halogens is 2. The predicted molar refractivity (Wildman–Crippen MR) is 82.9 cm³/mol. The molecule has 0 aliphatic carbocycles. The van der Waals surface area contributed by atoms with Crippen LogP contribution in [0.1, 0.15) is 10.4 Å². The molecule has 3 nitrogen and oxygen atoms in total. The van der Waals surface area contributed by atoms with Gasteiger partial charge in [-0.25, -0.2) is 0 Å². The average molecular weight is 418 g/mol. The van der Waals surface area contributed by atoms with Crippen molar-refractivity contribution in [3.8, 4) is 5.75 Å². The zero-order valence-electron chi connectivity index (χ0n) is 9.15. The molecule has 0 spiro atoms. The zero-order valence-corrected chi connectivity index (χ0v) is 12.9. The largest absolute Gasteiger partial charge is 0.507 e. The predicted octanol–water partition coefficient (Wildman–Crippen LogP) is 4.01. The molecule has 0 aliphatic heterocycles. The molecule has 0 bridgehead atoms. The molecule has 2 rings (SSSR count). The first-order valence-corrected chi connectivity index (χ1v) is 6.99. The molecule has 1 amide bonds. The van der Waals surface area contributed by atoms with Crippen LogP contribution in [-0.4, -0.2) is 11.0 Å². The van der Waals surface area contributed by atoms with Crippen LogP contribution in [0, 0.1) is 3.57 Å². The molecule has 2 aromatic rings. The van der Waals surface area contributed by atoms with Gasteiger partial charge in [-0.1, -0.05) is 15.9 Å². The van der Waals surface area contributed by atoms with E-state index in [1.54, 1.807) is 12.1 Å². The Morgan fingerprint density at radius 1 is 1.17 bits per heavy atom. The highest BCUT2D eigenvalue weighted by Gasteiger charge is 2.11. The second-order valence-corrected chi connectivity index (χ2v) is 5.78. The van der Waals surface area contributed by atoms with Gasteiger partial charge in [0.1, 0.15) is 5.75 Å². The van der Waals surface area contributed by atoms with E-state index in [0.717, 1.165) is 8.04 Å². The Kier molecular flexibility index (Phi) is 4.23. The molecule has 0 aromatic heterocycles. The minimum Gasteiger partial charge on any atom is -0.507 e. The van der Waals surface area contributed by atoms with E-state index in [1.165, 1.54) is 6.07 Å². The van der Waals surface area contributed by atoms with E-state index in [0.29, 0.717) is 5.69 Å². The molecule has 0 aliphatic rings. The third-order valence-electron chi connectivity index (χ3n) is 2.31. The molecule has 0 atom stereocenters. The number of carbonyl (C=O) groups is 1. The van der Waals surface area contributed by atoms with Crippen LogP contribution in [0.5, 0.6) is 5.75 Å². The average Bonchev–Trinajstić information content (AvgIpc) is 2.35. The van der Waals surface area contributed by atoms with Crippen molar-refractivity contribution < 1.29 is 9.90 Å². The van der Waals surface area contributed by atoms with Crippen LogP contribution in [-0.2, 0) is 0 Å². The Morgan fingerprint density at radius 3 is 2.50 bits per heavy atom. The highest BCUT2D eigenvalue weighted by Crippen LogP contribution is 2.23. The van der Waals surface area contributed by atoms with E-state index in [-0.39, 0.29) is 17.2 Å². The number of nitrogens with one attached hydrogen (secondary N) is 1. The van der Waals surface area contributed by atoms with Crippen molar-refractivity contribution in [2.45, 2.75) is 0 Å². The number of aromatic hydroxyl groups is 1. The smallest absolute Gasteiger partial charge is 0.259 e. The normalized spacial score (nSPS) is 10.1. The SMILES string of the molecule is O=C(Nc1ccc(I)cc1)c1cc(Br)ccc1O. The minimum absolute atomic E-state index is 0.0405. The summed E-state index contributed by atoms with van der Waals surface area (Å²) in [6.45, 7) is 0. The first-order chi connectivity index (χ1) is 8.56.